The number of benzene rings is 1. The lowest BCUT2D eigenvalue weighted by Crippen LogP contribution is -2.44. The van der Waals surface area contributed by atoms with Gasteiger partial charge in [0.2, 0.25) is 0 Å². The highest BCUT2D eigenvalue weighted by Crippen LogP contribution is 2.13. The van der Waals surface area contributed by atoms with Gasteiger partial charge in [0.15, 0.2) is 5.96 Å². The number of hydrogen-bond donors (Lipinski definition) is 2. The number of carbonyl (C=O) groups excluding carboxylic acids is 1. The fourth-order valence-corrected chi connectivity index (χ4v) is 3.31. The van der Waals surface area contributed by atoms with Gasteiger partial charge in [-0.1, -0.05) is 23.8 Å². The van der Waals surface area contributed by atoms with E-state index in [-0.39, 0.29) is 36.1 Å². The molecule has 1 atom stereocenters. The van der Waals surface area contributed by atoms with Gasteiger partial charge >= 0.3 is 6.09 Å². The molecule has 7 heteroatoms. The maximum absolute atomic E-state index is 11.9. The maximum Gasteiger partial charge on any atom is 0.407 e. The van der Waals surface area contributed by atoms with Crippen LogP contribution in [0.1, 0.15) is 43.9 Å². The number of nitrogens with zero attached hydrogens (tertiary/aromatic N) is 2. The molecule has 1 aromatic carbocycles. The molecule has 1 aliphatic rings. The molecular formula is C21H35IN4O2. The molecule has 2 N–H and O–H groups in total. The average molecular weight is 502 g/mol. The number of aryl methyl sites for hydroxylation is 2. The summed E-state index contributed by atoms with van der Waals surface area (Å²) in [5.74, 6) is 0.883. The van der Waals surface area contributed by atoms with Gasteiger partial charge in [-0.15, -0.1) is 24.0 Å². The topological polar surface area (TPSA) is 66.0 Å². The van der Waals surface area contributed by atoms with Gasteiger partial charge in [-0.25, -0.2) is 4.79 Å². The molecule has 28 heavy (non-hydrogen) atoms. The van der Waals surface area contributed by atoms with Gasteiger partial charge in [0, 0.05) is 26.7 Å². The minimum absolute atomic E-state index is 0. The SMILES string of the molecule is CN=C(NCCc1ccc(C)cc1C)N1CCC(NC(=O)OC(C)(C)C)C1.I. The van der Waals surface area contributed by atoms with E-state index in [1.807, 2.05) is 20.8 Å². The lowest BCUT2D eigenvalue weighted by molar-refractivity contribution is 0.0507. The molecule has 1 saturated heterocycles. The first-order valence-corrected chi connectivity index (χ1v) is 9.69. The molecule has 1 aliphatic heterocycles. The van der Waals surface area contributed by atoms with Crippen LogP contribution in [0.4, 0.5) is 4.79 Å². The number of halogens is 1. The normalized spacial score (nSPS) is 17.1. The maximum atomic E-state index is 11.9. The van der Waals surface area contributed by atoms with Crippen molar-refractivity contribution in [3.63, 3.8) is 0 Å². The quantitative estimate of drug-likeness (QED) is 0.375. The van der Waals surface area contributed by atoms with E-state index in [1.54, 1.807) is 7.05 Å². The molecule has 0 bridgehead atoms. The van der Waals surface area contributed by atoms with Crippen LogP contribution in [0.5, 0.6) is 0 Å². The predicted molar refractivity (Wildman–Crippen MR) is 126 cm³/mol. The smallest absolute Gasteiger partial charge is 0.407 e. The van der Waals surface area contributed by atoms with E-state index in [1.165, 1.54) is 16.7 Å². The van der Waals surface area contributed by atoms with Gasteiger partial charge in [-0.3, -0.25) is 4.99 Å². The predicted octanol–water partition coefficient (Wildman–Crippen LogP) is 3.64. The van der Waals surface area contributed by atoms with E-state index in [9.17, 15) is 4.79 Å². The highest BCUT2D eigenvalue weighted by Gasteiger charge is 2.27. The van der Waals surface area contributed by atoms with Crippen LogP contribution in [-0.4, -0.2) is 55.3 Å². The van der Waals surface area contributed by atoms with E-state index >= 15 is 0 Å². The monoisotopic (exact) mass is 502 g/mol. The van der Waals surface area contributed by atoms with Crippen molar-refractivity contribution in [2.45, 2.75) is 59.1 Å². The van der Waals surface area contributed by atoms with Crippen LogP contribution in [0, 0.1) is 13.8 Å². The molecule has 0 spiro atoms. The summed E-state index contributed by atoms with van der Waals surface area (Å²) < 4.78 is 5.34. The van der Waals surface area contributed by atoms with Crippen LogP contribution in [0.3, 0.4) is 0 Å². The molecular weight excluding hydrogens is 467 g/mol. The van der Waals surface area contributed by atoms with Crippen molar-refractivity contribution in [3.8, 4) is 0 Å². The summed E-state index contributed by atoms with van der Waals surface area (Å²) in [6.45, 7) is 12.3. The first-order valence-electron chi connectivity index (χ1n) is 9.69. The number of alkyl carbamates (subject to hydrolysis) is 1. The van der Waals surface area contributed by atoms with Gasteiger partial charge in [0.05, 0.1) is 6.04 Å². The van der Waals surface area contributed by atoms with Crippen LogP contribution in [0.15, 0.2) is 23.2 Å². The average Bonchev–Trinajstić information content (AvgIpc) is 2.99. The van der Waals surface area contributed by atoms with Crippen molar-refractivity contribution >= 4 is 36.0 Å². The van der Waals surface area contributed by atoms with Crippen molar-refractivity contribution in [1.82, 2.24) is 15.5 Å². The first kappa shape index (κ1) is 24.5. The largest absolute Gasteiger partial charge is 0.444 e. The highest BCUT2D eigenvalue weighted by atomic mass is 127. The summed E-state index contributed by atoms with van der Waals surface area (Å²) in [6.07, 6.45) is 1.49. The molecule has 0 radical (unpaired) electrons. The Kier molecular flexibility index (Phi) is 9.53. The Labute approximate surface area is 186 Å². The minimum atomic E-state index is -0.478. The molecule has 1 fully saturated rings. The number of likely N-dealkylation sites (tertiary alicyclic amines) is 1. The van der Waals surface area contributed by atoms with Crippen LogP contribution >= 0.6 is 24.0 Å². The van der Waals surface area contributed by atoms with Crippen LogP contribution < -0.4 is 10.6 Å². The lowest BCUT2D eigenvalue weighted by atomic mass is 10.0. The Morgan fingerprint density at radius 1 is 1.32 bits per heavy atom. The third kappa shape index (κ3) is 7.85. The Balaban J connectivity index is 0.00000392. The fourth-order valence-electron chi connectivity index (χ4n) is 3.31. The third-order valence-corrected chi connectivity index (χ3v) is 4.60. The molecule has 1 aromatic rings. The van der Waals surface area contributed by atoms with Crippen molar-refractivity contribution < 1.29 is 9.53 Å². The first-order chi connectivity index (χ1) is 12.7. The standard InChI is InChI=1S/C21H34N4O2.HI/c1-15-7-8-17(16(2)13-15)9-11-23-19(22-6)25-12-10-18(14-25)24-20(26)27-21(3,4)5;/h7-8,13,18H,9-12,14H2,1-6H3,(H,22,23)(H,24,26);1H. The van der Waals surface area contributed by atoms with Gasteiger partial charge in [-0.05, 0) is 58.6 Å². The van der Waals surface area contributed by atoms with E-state index in [0.29, 0.717) is 0 Å². The van der Waals surface area contributed by atoms with Crippen molar-refractivity contribution in [1.29, 1.82) is 0 Å². The number of nitrogens with one attached hydrogen (secondary N) is 2. The third-order valence-electron chi connectivity index (χ3n) is 4.60. The summed E-state index contributed by atoms with van der Waals surface area (Å²) >= 11 is 0. The lowest BCUT2D eigenvalue weighted by Gasteiger charge is -2.23. The van der Waals surface area contributed by atoms with Crippen molar-refractivity contribution in [3.05, 3.63) is 34.9 Å². The summed E-state index contributed by atoms with van der Waals surface area (Å²) in [5.41, 5.74) is 3.50. The molecule has 0 aromatic heterocycles. The Morgan fingerprint density at radius 3 is 2.64 bits per heavy atom. The number of carbonyl (C=O) groups is 1. The second kappa shape index (κ2) is 10.9. The number of guanidine groups is 1. The van der Waals surface area contributed by atoms with Gasteiger partial charge in [-0.2, -0.15) is 0 Å². The van der Waals surface area contributed by atoms with E-state index < -0.39 is 5.60 Å². The van der Waals surface area contributed by atoms with Crippen molar-refractivity contribution in [2.24, 2.45) is 4.99 Å². The van der Waals surface area contributed by atoms with Crippen LogP contribution in [0.25, 0.3) is 0 Å². The van der Waals surface area contributed by atoms with Gasteiger partial charge in [0.1, 0.15) is 5.60 Å². The molecule has 1 unspecified atom stereocenters. The highest BCUT2D eigenvalue weighted by molar-refractivity contribution is 14.0. The Morgan fingerprint density at radius 2 is 2.04 bits per heavy atom. The van der Waals surface area contributed by atoms with Crippen LogP contribution in [0.2, 0.25) is 0 Å². The van der Waals surface area contributed by atoms with E-state index in [4.69, 9.17) is 4.74 Å². The number of rotatable bonds is 4. The molecule has 2 rings (SSSR count). The van der Waals surface area contributed by atoms with Gasteiger partial charge in [0.25, 0.3) is 0 Å². The molecule has 1 heterocycles. The van der Waals surface area contributed by atoms with E-state index in [0.717, 1.165) is 38.4 Å². The number of amides is 1. The zero-order chi connectivity index (χ0) is 20.0. The molecule has 0 saturated carbocycles. The summed E-state index contributed by atoms with van der Waals surface area (Å²) in [5, 5.41) is 6.40. The summed E-state index contributed by atoms with van der Waals surface area (Å²) in [4.78, 5) is 18.5. The van der Waals surface area contributed by atoms with E-state index in [2.05, 4.69) is 52.6 Å². The minimum Gasteiger partial charge on any atom is -0.444 e. The zero-order valence-corrected chi connectivity index (χ0v) is 20.3. The Hall–Kier alpha value is -1.51. The summed E-state index contributed by atoms with van der Waals surface area (Å²) in [6, 6.07) is 6.66. The second-order valence-corrected chi connectivity index (χ2v) is 8.23. The number of aliphatic imine (C=N–C) groups is 1. The number of hydrogen-bond acceptors (Lipinski definition) is 3. The van der Waals surface area contributed by atoms with Crippen LogP contribution in [-0.2, 0) is 11.2 Å². The second-order valence-electron chi connectivity index (χ2n) is 8.23. The zero-order valence-electron chi connectivity index (χ0n) is 18.0. The molecule has 0 aliphatic carbocycles. The Bertz CT molecular complexity index is 685. The molecule has 158 valence electrons. The fraction of sp³-hybridized carbons (Fsp3) is 0.619. The molecule has 1 amide bonds. The van der Waals surface area contributed by atoms with Gasteiger partial charge < -0.3 is 20.3 Å². The number of ether oxygens (including phenoxy) is 1. The molecule has 6 nitrogen and oxygen atoms in total. The van der Waals surface area contributed by atoms with Crippen molar-refractivity contribution in [2.75, 3.05) is 26.7 Å². The summed E-state index contributed by atoms with van der Waals surface area (Å²) in [7, 11) is 1.80.